The van der Waals surface area contributed by atoms with Crippen LogP contribution >= 0.6 is 0 Å². The molecule has 0 spiro atoms. The number of nitrogens with zero attached hydrogens (tertiary/aromatic N) is 2. The Bertz CT molecular complexity index is 493. The topological polar surface area (TPSA) is 44.1 Å². The Labute approximate surface area is 134 Å². The fourth-order valence-corrected chi connectivity index (χ4v) is 5.58. The Morgan fingerprint density at radius 3 is 2.23 bits per heavy atom. The normalized spacial score (nSPS) is 37.7. The van der Waals surface area contributed by atoms with Gasteiger partial charge in [0.25, 0.3) is 0 Å². The molecule has 4 bridgehead atoms. The number of carbonyl (C=O) groups excluding carboxylic acids is 1. The third-order valence-corrected chi connectivity index (χ3v) is 6.36. The highest BCUT2D eigenvalue weighted by Gasteiger charge is 2.51. The summed E-state index contributed by atoms with van der Waals surface area (Å²) in [5.41, 5.74) is 1.61. The van der Waals surface area contributed by atoms with Crippen molar-refractivity contribution < 1.29 is 4.79 Å². The second kappa shape index (κ2) is 5.72. The third-order valence-electron chi connectivity index (χ3n) is 6.36. The van der Waals surface area contributed by atoms with Crippen molar-refractivity contribution in [3.8, 4) is 6.07 Å². The maximum absolute atomic E-state index is 12.4. The van der Waals surface area contributed by atoms with Crippen molar-refractivity contribution in [2.75, 3.05) is 13.6 Å². The van der Waals surface area contributed by atoms with Crippen LogP contribution in [0.3, 0.4) is 0 Å². The van der Waals surface area contributed by atoms with Gasteiger partial charge in [-0.2, -0.15) is 5.26 Å². The molecule has 0 aliphatic heterocycles. The average molecular weight is 300 g/mol. The van der Waals surface area contributed by atoms with E-state index in [9.17, 15) is 4.79 Å². The Morgan fingerprint density at radius 2 is 1.77 bits per heavy atom. The Morgan fingerprint density at radius 1 is 1.27 bits per heavy atom. The molecule has 22 heavy (non-hydrogen) atoms. The van der Waals surface area contributed by atoms with Crippen LogP contribution in [0.4, 0.5) is 0 Å². The molecule has 4 aliphatic rings. The van der Waals surface area contributed by atoms with E-state index in [1.165, 1.54) is 44.1 Å². The van der Waals surface area contributed by atoms with Gasteiger partial charge in [-0.1, -0.05) is 5.57 Å². The van der Waals surface area contributed by atoms with E-state index in [2.05, 4.69) is 13.0 Å². The summed E-state index contributed by atoms with van der Waals surface area (Å²) in [5, 5.41) is 8.90. The second-order valence-corrected chi connectivity index (χ2v) is 8.27. The van der Waals surface area contributed by atoms with E-state index in [0.29, 0.717) is 12.0 Å². The number of hydrogen-bond donors (Lipinski definition) is 0. The van der Waals surface area contributed by atoms with Gasteiger partial charge >= 0.3 is 0 Å². The molecule has 3 heteroatoms. The lowest BCUT2D eigenvalue weighted by atomic mass is 9.48. The number of rotatable bonds is 4. The summed E-state index contributed by atoms with van der Waals surface area (Å²) in [6.07, 6.45) is 10.1. The van der Waals surface area contributed by atoms with E-state index in [0.717, 1.165) is 17.8 Å². The van der Waals surface area contributed by atoms with E-state index < -0.39 is 0 Å². The molecule has 0 aromatic carbocycles. The van der Waals surface area contributed by atoms with Crippen LogP contribution in [-0.2, 0) is 4.79 Å². The van der Waals surface area contributed by atoms with Crippen molar-refractivity contribution in [3.05, 3.63) is 11.6 Å². The van der Waals surface area contributed by atoms with Gasteiger partial charge in [-0.3, -0.25) is 4.79 Å². The zero-order valence-corrected chi connectivity index (χ0v) is 14.1. The first-order valence-electron chi connectivity index (χ1n) is 8.75. The standard InChI is InChI=1S/C19H28N2O/c1-13(11-20)12-21(3)18(22)4-14(2)19-8-15-5-16(9-19)7-17(6-15)10-19/h4,13,15-17H,5-10,12H2,1-3H3/b14-4+/t13-,15?,16?,17?,19?/m0/s1. The van der Waals surface area contributed by atoms with Crippen LogP contribution in [-0.4, -0.2) is 24.4 Å². The molecule has 0 saturated heterocycles. The summed E-state index contributed by atoms with van der Waals surface area (Å²) in [6.45, 7) is 4.55. The number of allylic oxidation sites excluding steroid dienone is 1. The van der Waals surface area contributed by atoms with Crippen LogP contribution in [0.25, 0.3) is 0 Å². The first kappa shape index (κ1) is 15.6. The lowest BCUT2D eigenvalue weighted by Crippen LogP contribution is -2.46. The SMILES string of the molecule is C/C(=C\C(=O)N(C)C[C@@H](C)C#N)C12CC3CC(CC(C3)C1)C2. The molecule has 120 valence electrons. The van der Waals surface area contributed by atoms with Gasteiger partial charge in [0.2, 0.25) is 5.91 Å². The van der Waals surface area contributed by atoms with Gasteiger partial charge in [-0.05, 0) is 75.5 Å². The summed E-state index contributed by atoms with van der Waals surface area (Å²) >= 11 is 0. The summed E-state index contributed by atoms with van der Waals surface area (Å²) < 4.78 is 0. The molecule has 1 atom stereocenters. The lowest BCUT2D eigenvalue weighted by Gasteiger charge is -2.57. The molecule has 0 radical (unpaired) electrons. The fraction of sp³-hybridized carbons (Fsp3) is 0.789. The number of nitriles is 1. The van der Waals surface area contributed by atoms with Crippen molar-refractivity contribution in [3.63, 3.8) is 0 Å². The van der Waals surface area contributed by atoms with Crippen molar-refractivity contribution in [1.29, 1.82) is 5.26 Å². The Hall–Kier alpha value is -1.30. The minimum Gasteiger partial charge on any atom is -0.341 e. The van der Waals surface area contributed by atoms with Crippen LogP contribution in [0.2, 0.25) is 0 Å². The highest BCUT2D eigenvalue weighted by molar-refractivity contribution is 5.88. The first-order valence-corrected chi connectivity index (χ1v) is 8.75. The maximum atomic E-state index is 12.4. The number of carbonyl (C=O) groups is 1. The van der Waals surface area contributed by atoms with Crippen molar-refractivity contribution >= 4 is 5.91 Å². The van der Waals surface area contributed by atoms with Crippen molar-refractivity contribution in [2.24, 2.45) is 29.1 Å². The molecule has 4 aliphatic carbocycles. The zero-order valence-electron chi connectivity index (χ0n) is 14.1. The van der Waals surface area contributed by atoms with E-state index >= 15 is 0 Å². The van der Waals surface area contributed by atoms with Gasteiger partial charge in [0.15, 0.2) is 0 Å². The van der Waals surface area contributed by atoms with Gasteiger partial charge in [0.05, 0.1) is 12.0 Å². The van der Waals surface area contributed by atoms with Crippen LogP contribution in [0, 0.1) is 40.4 Å². The third kappa shape index (κ3) is 2.81. The minimum absolute atomic E-state index is 0.0651. The maximum Gasteiger partial charge on any atom is 0.246 e. The Balaban J connectivity index is 1.72. The second-order valence-electron chi connectivity index (χ2n) is 8.27. The average Bonchev–Trinajstić information content (AvgIpc) is 2.45. The Kier molecular flexibility index (Phi) is 4.05. The molecule has 0 heterocycles. The molecule has 1 amide bonds. The van der Waals surface area contributed by atoms with Crippen molar-refractivity contribution in [1.82, 2.24) is 4.90 Å². The van der Waals surface area contributed by atoms with E-state index in [-0.39, 0.29) is 11.8 Å². The fourth-order valence-electron chi connectivity index (χ4n) is 5.58. The number of likely N-dealkylation sites (N-methyl/N-ethyl adjacent to an activating group) is 1. The minimum atomic E-state index is -0.109. The summed E-state index contributed by atoms with van der Waals surface area (Å²) in [4.78, 5) is 14.1. The van der Waals surface area contributed by atoms with Crippen molar-refractivity contribution in [2.45, 2.75) is 52.4 Å². The van der Waals surface area contributed by atoms with Crippen LogP contribution in [0.5, 0.6) is 0 Å². The molecule has 0 aromatic rings. The predicted molar refractivity (Wildman–Crippen MR) is 86.8 cm³/mol. The van der Waals surface area contributed by atoms with Gasteiger partial charge in [-0.25, -0.2) is 0 Å². The van der Waals surface area contributed by atoms with Gasteiger partial charge in [-0.15, -0.1) is 0 Å². The molecule has 3 nitrogen and oxygen atoms in total. The monoisotopic (exact) mass is 300 g/mol. The van der Waals surface area contributed by atoms with Gasteiger partial charge in [0, 0.05) is 19.7 Å². The van der Waals surface area contributed by atoms with Gasteiger partial charge in [0.1, 0.15) is 0 Å². The number of hydrogen-bond acceptors (Lipinski definition) is 2. The predicted octanol–water partition coefficient (Wildman–Crippen LogP) is 3.77. The molecule has 4 rings (SSSR count). The molecule has 4 fully saturated rings. The molecule has 0 aromatic heterocycles. The van der Waals surface area contributed by atoms with E-state index in [1.54, 1.807) is 11.9 Å². The summed E-state index contributed by atoms with van der Waals surface area (Å²) in [5.74, 6) is 2.67. The quantitative estimate of drug-likeness (QED) is 0.742. The van der Waals surface area contributed by atoms with Crippen LogP contribution < -0.4 is 0 Å². The van der Waals surface area contributed by atoms with E-state index in [4.69, 9.17) is 5.26 Å². The zero-order chi connectivity index (χ0) is 15.9. The highest BCUT2D eigenvalue weighted by Crippen LogP contribution is 2.62. The van der Waals surface area contributed by atoms with Crippen LogP contribution in [0.15, 0.2) is 11.6 Å². The largest absolute Gasteiger partial charge is 0.341 e. The molecule has 4 saturated carbocycles. The van der Waals surface area contributed by atoms with E-state index in [1.807, 2.05) is 13.0 Å². The molecule has 0 unspecified atom stereocenters. The smallest absolute Gasteiger partial charge is 0.246 e. The van der Waals surface area contributed by atoms with Crippen LogP contribution in [0.1, 0.15) is 52.4 Å². The summed E-state index contributed by atoms with van der Waals surface area (Å²) in [6, 6.07) is 2.20. The highest BCUT2D eigenvalue weighted by atomic mass is 16.2. The first-order chi connectivity index (χ1) is 10.4. The number of amides is 1. The molecule has 0 N–H and O–H groups in total. The van der Waals surface area contributed by atoms with Gasteiger partial charge < -0.3 is 4.90 Å². The molecular weight excluding hydrogens is 272 g/mol. The summed E-state index contributed by atoms with van der Waals surface area (Å²) in [7, 11) is 1.81. The molecular formula is C19H28N2O. The lowest BCUT2D eigenvalue weighted by molar-refractivity contribution is -0.125.